The summed E-state index contributed by atoms with van der Waals surface area (Å²) in [7, 11) is -3.69. The number of cyclic esters (lactones) is 3. The van der Waals surface area contributed by atoms with Crippen molar-refractivity contribution in [3.63, 3.8) is 0 Å². The van der Waals surface area contributed by atoms with Crippen molar-refractivity contribution in [1.82, 2.24) is 0 Å². The van der Waals surface area contributed by atoms with Crippen molar-refractivity contribution in [2.45, 2.75) is 176 Å². The standard InChI is InChI=1S/C42H50F18O9Si/c1-23(2)70(24(3)4,20-18-36(45,46)41(55,56)57)69-31-14-16-32(61)66-25(5)21-34(63)68-26(6)30(13-15-33(62)67-27(31)7)65-22-28-9-11-29(12-10-28)64-19-8-17-35(43,44)37(47,48)38(49,50)39(51,52)40(53,54)42(58,59)60/h9-16,23-27,30-31H,8,17-22H2,1-7H3/b15-13+,16-14+/t25-,26+,27+,30-,31+/m0/s1. The number of hydrogen-bond acceptors (Lipinski definition) is 9. The quantitative estimate of drug-likeness (QED) is 0.0440. The van der Waals surface area contributed by atoms with E-state index in [1.54, 1.807) is 27.7 Å². The topological polar surface area (TPSA) is 107 Å². The molecule has 0 saturated carbocycles. The Morgan fingerprint density at radius 3 is 1.59 bits per heavy atom. The van der Waals surface area contributed by atoms with Crippen molar-refractivity contribution in [3.8, 4) is 5.75 Å². The minimum absolute atomic E-state index is 0.225. The molecule has 28 heteroatoms. The highest BCUT2D eigenvalue weighted by atomic mass is 28.4. The predicted octanol–water partition coefficient (Wildman–Crippen LogP) is 12.5. The van der Waals surface area contributed by atoms with Crippen LogP contribution in [0.1, 0.15) is 79.7 Å². The van der Waals surface area contributed by atoms with Crippen molar-refractivity contribution in [2.75, 3.05) is 6.61 Å². The normalized spacial score (nSPS) is 22.7. The average Bonchev–Trinajstić information content (AvgIpc) is 3.20. The summed E-state index contributed by atoms with van der Waals surface area (Å²) in [5, 5.41) is 0. The molecule has 0 radical (unpaired) electrons. The third-order valence-corrected chi connectivity index (χ3v) is 16.6. The second-order valence-electron chi connectivity index (χ2n) is 16.9. The molecule has 0 saturated heterocycles. The maximum Gasteiger partial charge on any atom is 0.460 e. The smallest absolute Gasteiger partial charge is 0.460 e. The van der Waals surface area contributed by atoms with E-state index >= 15 is 0 Å². The zero-order valence-electron chi connectivity index (χ0n) is 38.1. The van der Waals surface area contributed by atoms with Gasteiger partial charge in [0.15, 0.2) is 8.32 Å². The molecule has 1 aliphatic rings. The Bertz CT molecular complexity index is 1950. The molecule has 0 bridgehead atoms. The fourth-order valence-corrected chi connectivity index (χ4v) is 11.4. The van der Waals surface area contributed by atoms with Gasteiger partial charge in [0.25, 0.3) is 0 Å². The van der Waals surface area contributed by atoms with Crippen LogP contribution in [-0.4, -0.2) is 111 Å². The van der Waals surface area contributed by atoms with Gasteiger partial charge in [-0.25, -0.2) is 9.59 Å². The number of hydrogen-bond donors (Lipinski definition) is 0. The highest BCUT2D eigenvalue weighted by molar-refractivity contribution is 6.76. The van der Waals surface area contributed by atoms with Gasteiger partial charge in [-0.3, -0.25) is 4.79 Å². The third kappa shape index (κ3) is 14.7. The van der Waals surface area contributed by atoms with E-state index in [0.717, 1.165) is 36.4 Å². The number of carbonyl (C=O) groups excluding carboxylic acids is 3. The van der Waals surface area contributed by atoms with E-state index in [1.165, 1.54) is 32.9 Å². The van der Waals surface area contributed by atoms with Crippen molar-refractivity contribution in [2.24, 2.45) is 0 Å². The summed E-state index contributed by atoms with van der Waals surface area (Å²) in [6.45, 7) is 8.82. The molecule has 0 amide bonds. The number of rotatable bonds is 19. The van der Waals surface area contributed by atoms with Crippen LogP contribution in [0.5, 0.6) is 5.75 Å². The van der Waals surface area contributed by atoms with Crippen LogP contribution in [0.25, 0.3) is 0 Å². The summed E-state index contributed by atoms with van der Waals surface area (Å²) in [6.07, 6.45) is -21.8. The van der Waals surface area contributed by atoms with Gasteiger partial charge in [0.05, 0.1) is 19.6 Å². The fourth-order valence-electron chi connectivity index (χ4n) is 6.75. The van der Waals surface area contributed by atoms with Crippen LogP contribution in [0.4, 0.5) is 79.0 Å². The molecule has 1 heterocycles. The van der Waals surface area contributed by atoms with Gasteiger partial charge in [-0.05, 0) is 74.2 Å². The number of ether oxygens (including phenoxy) is 5. The van der Waals surface area contributed by atoms with Crippen molar-refractivity contribution in [1.29, 1.82) is 0 Å². The summed E-state index contributed by atoms with van der Waals surface area (Å²) in [4.78, 5) is 38.7. The zero-order valence-corrected chi connectivity index (χ0v) is 39.1. The molecule has 9 nitrogen and oxygen atoms in total. The van der Waals surface area contributed by atoms with Gasteiger partial charge in [0, 0.05) is 25.0 Å². The molecule has 0 fully saturated rings. The summed E-state index contributed by atoms with van der Waals surface area (Å²) >= 11 is 0. The molecular weight excluding hydrogens is 1020 g/mol. The molecule has 1 aliphatic heterocycles. The lowest BCUT2D eigenvalue weighted by molar-refractivity contribution is -0.440. The zero-order chi connectivity index (χ0) is 54.3. The van der Waals surface area contributed by atoms with E-state index in [9.17, 15) is 93.4 Å². The Balaban J connectivity index is 2.27. The monoisotopic (exact) mass is 1070 g/mol. The first-order chi connectivity index (χ1) is 31.6. The second-order valence-corrected chi connectivity index (χ2v) is 21.9. The van der Waals surface area contributed by atoms with Crippen LogP contribution < -0.4 is 4.74 Å². The van der Waals surface area contributed by atoms with E-state index in [4.69, 9.17) is 28.1 Å². The number of carbonyl (C=O) groups is 3. The van der Waals surface area contributed by atoms with Gasteiger partial charge in [0.2, 0.25) is 0 Å². The summed E-state index contributed by atoms with van der Waals surface area (Å²) in [6, 6.07) is 4.03. The minimum Gasteiger partial charge on any atom is -0.494 e. The summed E-state index contributed by atoms with van der Waals surface area (Å²) in [5.74, 6) is -45.8. The Hall–Kier alpha value is -4.21. The molecule has 1 aromatic carbocycles. The molecular formula is C42H50F18O9Si. The summed E-state index contributed by atoms with van der Waals surface area (Å²) < 4.78 is 276. The van der Waals surface area contributed by atoms with Crippen LogP contribution in [0, 0.1) is 0 Å². The van der Waals surface area contributed by atoms with Crippen LogP contribution in [-0.2, 0) is 44.4 Å². The number of benzene rings is 1. The first kappa shape index (κ1) is 61.9. The number of alkyl halides is 18. The minimum atomic E-state index is -8.02. The van der Waals surface area contributed by atoms with E-state index in [1.807, 2.05) is 0 Å². The summed E-state index contributed by atoms with van der Waals surface area (Å²) in [5.41, 5.74) is -0.922. The van der Waals surface area contributed by atoms with E-state index in [2.05, 4.69) is 0 Å². The molecule has 1 aromatic rings. The molecule has 0 unspecified atom stereocenters. The third-order valence-electron chi connectivity index (χ3n) is 11.0. The maximum atomic E-state index is 14.2. The molecule has 402 valence electrons. The predicted molar refractivity (Wildman–Crippen MR) is 211 cm³/mol. The second kappa shape index (κ2) is 23.1. The van der Waals surface area contributed by atoms with Crippen molar-refractivity contribution < 1.29 is 122 Å². The lowest BCUT2D eigenvalue weighted by atomic mass is 9.92. The van der Waals surface area contributed by atoms with Crippen molar-refractivity contribution >= 4 is 26.2 Å². The molecule has 0 aliphatic carbocycles. The van der Waals surface area contributed by atoms with Gasteiger partial charge in [0.1, 0.15) is 36.3 Å². The highest BCUT2D eigenvalue weighted by Gasteiger charge is 2.90. The Morgan fingerprint density at radius 2 is 1.09 bits per heavy atom. The van der Waals surface area contributed by atoms with Gasteiger partial charge < -0.3 is 28.1 Å². The van der Waals surface area contributed by atoms with Gasteiger partial charge in [-0.2, -0.15) is 79.0 Å². The lowest BCUT2D eigenvalue weighted by Crippen LogP contribution is -2.70. The SMILES string of the molecule is CC(C)[Si](CCC(F)(F)C(F)(F)F)(O[C@@H]1/C=C/C(=O)O[C@@H](C)CC(=O)O[C@H](C)[C@@H](OCc2ccc(OCCCC(F)(F)C(F)(F)C(F)(F)C(F)(F)C(F)(F)C(F)(F)F)cc2)/C=C/C(=O)O[C@@H]1C)C(C)C. The molecule has 0 spiro atoms. The Labute approximate surface area is 390 Å². The van der Waals surface area contributed by atoms with Gasteiger partial charge >= 0.3 is 65.8 Å². The van der Waals surface area contributed by atoms with Crippen LogP contribution >= 0.6 is 0 Å². The largest absolute Gasteiger partial charge is 0.494 e. The van der Waals surface area contributed by atoms with Crippen LogP contribution in [0.3, 0.4) is 0 Å². The van der Waals surface area contributed by atoms with Crippen LogP contribution in [0.15, 0.2) is 48.6 Å². The number of halogens is 18. The average molecular weight is 1070 g/mol. The van der Waals surface area contributed by atoms with Gasteiger partial charge in [-0.15, -0.1) is 0 Å². The Morgan fingerprint density at radius 1 is 0.600 bits per heavy atom. The van der Waals surface area contributed by atoms with Gasteiger partial charge in [-0.1, -0.05) is 39.8 Å². The van der Waals surface area contributed by atoms with E-state index < -0.39 is 154 Å². The molecule has 0 aromatic heterocycles. The van der Waals surface area contributed by atoms with E-state index in [0.29, 0.717) is 0 Å². The van der Waals surface area contributed by atoms with Crippen LogP contribution in [0.2, 0.25) is 17.1 Å². The fraction of sp³-hybridized carbons (Fsp3) is 0.690. The van der Waals surface area contributed by atoms with E-state index in [-0.39, 0.29) is 17.9 Å². The molecule has 0 N–H and O–H groups in total. The molecule has 70 heavy (non-hydrogen) atoms. The highest BCUT2D eigenvalue weighted by Crippen LogP contribution is 2.61. The Kier molecular flexibility index (Phi) is 20.4. The maximum absolute atomic E-state index is 14.2. The first-order valence-corrected chi connectivity index (χ1v) is 23.3. The number of esters is 3. The van der Waals surface area contributed by atoms with Crippen molar-refractivity contribution in [3.05, 3.63) is 54.1 Å². The molecule has 2 rings (SSSR count). The lowest BCUT2D eigenvalue weighted by Gasteiger charge is -2.42. The molecule has 5 atom stereocenters. The first-order valence-electron chi connectivity index (χ1n) is 21.0.